The van der Waals surface area contributed by atoms with Crippen molar-refractivity contribution in [2.45, 2.75) is 32.8 Å². The molecule has 88 valence electrons. The van der Waals surface area contributed by atoms with E-state index in [9.17, 15) is 9.90 Å². The van der Waals surface area contributed by atoms with E-state index in [1.54, 1.807) is 0 Å². The number of carbonyl (C=O) groups is 1. The van der Waals surface area contributed by atoms with Gasteiger partial charge in [0, 0.05) is 19.6 Å². The van der Waals surface area contributed by atoms with Gasteiger partial charge < -0.3 is 15.7 Å². The Hall–Kier alpha value is -0.610. The Morgan fingerprint density at radius 1 is 1.47 bits per heavy atom. The first-order valence-corrected chi connectivity index (χ1v) is 5.73. The number of aliphatic hydroxyl groups excluding tert-OH is 1. The van der Waals surface area contributed by atoms with Crippen LogP contribution in [0.3, 0.4) is 0 Å². The van der Waals surface area contributed by atoms with E-state index < -0.39 is 0 Å². The van der Waals surface area contributed by atoms with E-state index in [1.165, 1.54) is 0 Å². The molecule has 3 N–H and O–H groups in total. The predicted molar refractivity (Wildman–Crippen MR) is 59.2 cm³/mol. The maximum atomic E-state index is 12.0. The van der Waals surface area contributed by atoms with Crippen molar-refractivity contribution in [3.05, 3.63) is 0 Å². The van der Waals surface area contributed by atoms with E-state index in [0.29, 0.717) is 32.5 Å². The monoisotopic (exact) mass is 214 g/mol. The summed E-state index contributed by atoms with van der Waals surface area (Å²) < 4.78 is 0. The lowest BCUT2D eigenvalue weighted by Gasteiger charge is -2.33. The molecule has 1 fully saturated rings. The standard InChI is InChI=1S/C11H22N2O2/c1-8(2)10(7-12)11(15)13-5-3-9(14)4-6-13/h8-10,14H,3-7,12H2,1-2H3. The maximum absolute atomic E-state index is 12.0. The van der Waals surface area contributed by atoms with E-state index in [0.717, 1.165) is 0 Å². The molecule has 1 aliphatic rings. The van der Waals surface area contributed by atoms with Crippen LogP contribution in [0, 0.1) is 11.8 Å². The summed E-state index contributed by atoms with van der Waals surface area (Å²) in [5.74, 6) is 0.369. The van der Waals surface area contributed by atoms with Crippen molar-refractivity contribution in [3.63, 3.8) is 0 Å². The van der Waals surface area contributed by atoms with Crippen molar-refractivity contribution in [1.82, 2.24) is 4.90 Å². The van der Waals surface area contributed by atoms with Crippen molar-refractivity contribution in [2.24, 2.45) is 17.6 Å². The van der Waals surface area contributed by atoms with Crippen LogP contribution >= 0.6 is 0 Å². The Morgan fingerprint density at radius 3 is 2.40 bits per heavy atom. The Morgan fingerprint density at radius 2 is 2.00 bits per heavy atom. The Balaban J connectivity index is 2.52. The first-order valence-electron chi connectivity index (χ1n) is 5.73. The fourth-order valence-corrected chi connectivity index (χ4v) is 1.98. The smallest absolute Gasteiger partial charge is 0.227 e. The Labute approximate surface area is 91.4 Å². The molecule has 1 aliphatic heterocycles. The highest BCUT2D eigenvalue weighted by atomic mass is 16.3. The molecule has 0 aromatic rings. The third-order valence-electron chi connectivity index (χ3n) is 3.15. The van der Waals surface area contributed by atoms with E-state index in [-0.39, 0.29) is 23.8 Å². The molecule has 0 aliphatic carbocycles. The van der Waals surface area contributed by atoms with Gasteiger partial charge in [0.25, 0.3) is 0 Å². The molecule has 4 heteroatoms. The van der Waals surface area contributed by atoms with Crippen LogP contribution in [0.4, 0.5) is 0 Å². The van der Waals surface area contributed by atoms with Crippen molar-refractivity contribution in [1.29, 1.82) is 0 Å². The number of carbonyl (C=O) groups excluding carboxylic acids is 1. The SMILES string of the molecule is CC(C)C(CN)C(=O)N1CCC(O)CC1. The molecule has 4 nitrogen and oxygen atoms in total. The normalized spacial score (nSPS) is 20.7. The van der Waals surface area contributed by atoms with Crippen LogP contribution in [0.15, 0.2) is 0 Å². The van der Waals surface area contributed by atoms with Crippen molar-refractivity contribution in [3.8, 4) is 0 Å². The third kappa shape index (κ3) is 3.18. The summed E-state index contributed by atoms with van der Waals surface area (Å²) in [7, 11) is 0. The second-order valence-corrected chi connectivity index (χ2v) is 4.64. The quantitative estimate of drug-likeness (QED) is 0.705. The largest absolute Gasteiger partial charge is 0.393 e. The average molecular weight is 214 g/mol. The van der Waals surface area contributed by atoms with E-state index >= 15 is 0 Å². The van der Waals surface area contributed by atoms with Crippen molar-refractivity contribution >= 4 is 5.91 Å². The van der Waals surface area contributed by atoms with Gasteiger partial charge in [-0.1, -0.05) is 13.8 Å². The highest BCUT2D eigenvalue weighted by Gasteiger charge is 2.28. The summed E-state index contributed by atoms with van der Waals surface area (Å²) >= 11 is 0. The summed E-state index contributed by atoms with van der Waals surface area (Å²) in [6.07, 6.45) is 1.16. The molecule has 1 rings (SSSR count). The van der Waals surface area contributed by atoms with Gasteiger partial charge in [0.05, 0.1) is 12.0 Å². The number of hydrogen-bond donors (Lipinski definition) is 2. The Bertz CT molecular complexity index is 211. The van der Waals surface area contributed by atoms with Crippen LogP contribution in [-0.2, 0) is 4.79 Å². The topological polar surface area (TPSA) is 66.6 Å². The minimum atomic E-state index is -0.232. The molecular formula is C11H22N2O2. The number of piperidine rings is 1. The molecule has 1 unspecified atom stereocenters. The van der Waals surface area contributed by atoms with Crippen molar-refractivity contribution < 1.29 is 9.90 Å². The number of aliphatic hydroxyl groups is 1. The molecule has 1 heterocycles. The van der Waals surface area contributed by atoms with Gasteiger partial charge >= 0.3 is 0 Å². The number of amides is 1. The van der Waals surface area contributed by atoms with Gasteiger partial charge in [-0.25, -0.2) is 0 Å². The summed E-state index contributed by atoms with van der Waals surface area (Å²) in [6, 6.07) is 0. The van der Waals surface area contributed by atoms with E-state index in [4.69, 9.17) is 5.73 Å². The number of likely N-dealkylation sites (tertiary alicyclic amines) is 1. The molecule has 0 aromatic heterocycles. The summed E-state index contributed by atoms with van der Waals surface area (Å²) in [6.45, 7) is 5.80. The van der Waals surface area contributed by atoms with E-state index in [2.05, 4.69) is 0 Å². The average Bonchev–Trinajstić information content (AvgIpc) is 2.19. The van der Waals surface area contributed by atoms with Crippen LogP contribution in [0.5, 0.6) is 0 Å². The molecule has 1 saturated heterocycles. The molecule has 1 atom stereocenters. The van der Waals surface area contributed by atoms with Gasteiger partial charge in [-0.15, -0.1) is 0 Å². The predicted octanol–water partition coefficient (Wildman–Crippen LogP) is 0.201. The minimum Gasteiger partial charge on any atom is -0.393 e. The molecule has 0 saturated carbocycles. The van der Waals surface area contributed by atoms with Crippen LogP contribution in [0.2, 0.25) is 0 Å². The van der Waals surface area contributed by atoms with Crippen LogP contribution in [0.25, 0.3) is 0 Å². The summed E-state index contributed by atoms with van der Waals surface area (Å²) in [4.78, 5) is 13.9. The van der Waals surface area contributed by atoms with Gasteiger partial charge in [-0.05, 0) is 18.8 Å². The first-order chi connectivity index (χ1) is 7.06. The third-order valence-corrected chi connectivity index (χ3v) is 3.15. The maximum Gasteiger partial charge on any atom is 0.227 e. The highest BCUT2D eigenvalue weighted by Crippen LogP contribution is 2.17. The Kier molecular flexibility index (Phi) is 4.54. The number of nitrogens with zero attached hydrogens (tertiary/aromatic N) is 1. The highest BCUT2D eigenvalue weighted by molar-refractivity contribution is 5.79. The second-order valence-electron chi connectivity index (χ2n) is 4.64. The molecule has 0 radical (unpaired) electrons. The number of nitrogens with two attached hydrogens (primary N) is 1. The number of hydrogen-bond acceptors (Lipinski definition) is 3. The van der Waals surface area contributed by atoms with Gasteiger partial charge in [-0.3, -0.25) is 4.79 Å². The van der Waals surface area contributed by atoms with Gasteiger partial charge in [-0.2, -0.15) is 0 Å². The van der Waals surface area contributed by atoms with Gasteiger partial charge in [0.15, 0.2) is 0 Å². The molecule has 0 aromatic carbocycles. The summed E-state index contributed by atoms with van der Waals surface area (Å²) in [5, 5.41) is 9.35. The fraction of sp³-hybridized carbons (Fsp3) is 0.909. The fourth-order valence-electron chi connectivity index (χ4n) is 1.98. The molecular weight excluding hydrogens is 192 g/mol. The number of rotatable bonds is 3. The molecule has 0 spiro atoms. The van der Waals surface area contributed by atoms with Gasteiger partial charge in [0.1, 0.15) is 0 Å². The first kappa shape index (κ1) is 12.5. The lowest BCUT2D eigenvalue weighted by atomic mass is 9.93. The van der Waals surface area contributed by atoms with Crippen LogP contribution in [-0.4, -0.2) is 41.7 Å². The van der Waals surface area contributed by atoms with Crippen molar-refractivity contribution in [2.75, 3.05) is 19.6 Å². The molecule has 15 heavy (non-hydrogen) atoms. The zero-order chi connectivity index (χ0) is 11.4. The second kappa shape index (κ2) is 5.47. The lowest BCUT2D eigenvalue weighted by Crippen LogP contribution is -2.46. The summed E-state index contributed by atoms with van der Waals surface area (Å²) in [5.41, 5.74) is 5.61. The zero-order valence-electron chi connectivity index (χ0n) is 9.65. The molecule has 1 amide bonds. The van der Waals surface area contributed by atoms with Crippen LogP contribution < -0.4 is 5.73 Å². The molecule has 0 bridgehead atoms. The minimum absolute atomic E-state index is 0.0692. The van der Waals surface area contributed by atoms with Gasteiger partial charge in [0.2, 0.25) is 5.91 Å². The van der Waals surface area contributed by atoms with E-state index in [1.807, 2.05) is 18.7 Å². The van der Waals surface area contributed by atoms with Crippen LogP contribution in [0.1, 0.15) is 26.7 Å². The lowest BCUT2D eigenvalue weighted by molar-refractivity contribution is -0.138. The zero-order valence-corrected chi connectivity index (χ0v) is 9.65.